The van der Waals surface area contributed by atoms with Crippen molar-refractivity contribution < 1.29 is 24.2 Å². The normalized spacial score (nSPS) is 13.9. The van der Waals surface area contributed by atoms with E-state index in [0.29, 0.717) is 5.56 Å². The van der Waals surface area contributed by atoms with Crippen LogP contribution in [-0.4, -0.2) is 58.8 Å². The second kappa shape index (κ2) is 13.0. The zero-order valence-corrected chi connectivity index (χ0v) is 20.7. The van der Waals surface area contributed by atoms with Gasteiger partial charge in [-0.3, -0.25) is 9.59 Å². The molecule has 0 spiro atoms. The number of alkyl carbamates (subject to hydrolysis) is 1. The van der Waals surface area contributed by atoms with Crippen molar-refractivity contribution in [1.82, 2.24) is 15.5 Å². The molecule has 8 nitrogen and oxygen atoms in total. The Bertz CT molecular complexity index is 801. The number of benzene rings is 1. The predicted octanol–water partition coefficient (Wildman–Crippen LogP) is 3.24. The van der Waals surface area contributed by atoms with Crippen LogP contribution in [0.15, 0.2) is 36.9 Å². The highest BCUT2D eigenvalue weighted by molar-refractivity contribution is 5.92. The first-order chi connectivity index (χ1) is 15.4. The van der Waals surface area contributed by atoms with Gasteiger partial charge < -0.3 is 25.4 Å². The summed E-state index contributed by atoms with van der Waals surface area (Å²) in [4.78, 5) is 40.3. The molecule has 0 radical (unpaired) electrons. The Morgan fingerprint density at radius 3 is 2.27 bits per heavy atom. The van der Waals surface area contributed by atoms with Crippen molar-refractivity contribution in [3.63, 3.8) is 0 Å². The minimum atomic E-state index is -1.28. The molecule has 0 heterocycles. The van der Waals surface area contributed by atoms with Gasteiger partial charge in [0.05, 0.1) is 6.61 Å². The zero-order chi connectivity index (χ0) is 25.2. The van der Waals surface area contributed by atoms with Gasteiger partial charge in [-0.2, -0.15) is 0 Å². The van der Waals surface area contributed by atoms with Gasteiger partial charge in [-0.05, 0) is 46.6 Å². The van der Waals surface area contributed by atoms with E-state index in [2.05, 4.69) is 17.2 Å². The van der Waals surface area contributed by atoms with Crippen LogP contribution in [0.1, 0.15) is 64.6 Å². The van der Waals surface area contributed by atoms with Crippen molar-refractivity contribution in [2.24, 2.45) is 0 Å². The number of carbonyl (C=O) groups excluding carboxylic acids is 3. The van der Waals surface area contributed by atoms with E-state index >= 15 is 0 Å². The monoisotopic (exact) mass is 461 g/mol. The average molecular weight is 462 g/mol. The summed E-state index contributed by atoms with van der Waals surface area (Å²) in [5.41, 5.74) is 0.859. The van der Waals surface area contributed by atoms with Gasteiger partial charge in [-0.25, -0.2) is 4.79 Å². The lowest BCUT2D eigenvalue weighted by atomic mass is 10.0. The van der Waals surface area contributed by atoms with Gasteiger partial charge in [0.1, 0.15) is 17.7 Å². The number of rotatable bonds is 11. The fourth-order valence-corrected chi connectivity index (χ4v) is 3.35. The Labute approximate surface area is 197 Å². The number of nitrogens with zero attached hydrogens (tertiary/aromatic N) is 1. The lowest BCUT2D eigenvalue weighted by Crippen LogP contribution is -2.54. The van der Waals surface area contributed by atoms with Crippen molar-refractivity contribution in [1.29, 1.82) is 0 Å². The van der Waals surface area contributed by atoms with E-state index in [1.807, 2.05) is 32.9 Å². The molecule has 184 valence electrons. The quantitative estimate of drug-likeness (QED) is 0.439. The van der Waals surface area contributed by atoms with E-state index in [9.17, 15) is 19.5 Å². The second-order valence-electron chi connectivity index (χ2n) is 9.17. The first-order valence-electron chi connectivity index (χ1n) is 11.3. The van der Waals surface area contributed by atoms with Crippen LogP contribution < -0.4 is 10.6 Å². The molecular formula is C25H39N3O5. The molecule has 3 atom stereocenters. The van der Waals surface area contributed by atoms with Crippen LogP contribution in [0.3, 0.4) is 0 Å². The summed E-state index contributed by atoms with van der Waals surface area (Å²) in [6.45, 7) is 14.1. The Morgan fingerprint density at radius 2 is 1.79 bits per heavy atom. The second-order valence-corrected chi connectivity index (χ2v) is 9.17. The molecule has 8 heteroatoms. The van der Waals surface area contributed by atoms with Crippen molar-refractivity contribution in [3.05, 3.63) is 48.0 Å². The largest absolute Gasteiger partial charge is 0.444 e. The predicted molar refractivity (Wildman–Crippen MR) is 129 cm³/mol. The number of aliphatic hydroxyl groups excluding tert-OH is 1. The molecule has 0 aliphatic rings. The number of amides is 3. The van der Waals surface area contributed by atoms with Crippen LogP contribution in [0.4, 0.5) is 4.79 Å². The lowest BCUT2D eigenvalue weighted by molar-refractivity contribution is -0.142. The molecule has 3 unspecified atom stereocenters. The van der Waals surface area contributed by atoms with Gasteiger partial charge in [0.25, 0.3) is 0 Å². The first-order valence-corrected chi connectivity index (χ1v) is 11.3. The molecule has 1 aromatic carbocycles. The zero-order valence-electron chi connectivity index (χ0n) is 20.7. The van der Waals surface area contributed by atoms with Gasteiger partial charge in [-0.15, -0.1) is 6.58 Å². The first kappa shape index (κ1) is 28.2. The molecule has 3 amide bonds. The molecule has 0 saturated carbocycles. The van der Waals surface area contributed by atoms with Crippen LogP contribution in [0, 0.1) is 6.92 Å². The van der Waals surface area contributed by atoms with Crippen LogP contribution >= 0.6 is 0 Å². The van der Waals surface area contributed by atoms with E-state index in [4.69, 9.17) is 4.74 Å². The van der Waals surface area contributed by atoms with Gasteiger partial charge in [-0.1, -0.05) is 49.2 Å². The maximum Gasteiger partial charge on any atom is 0.408 e. The summed E-state index contributed by atoms with van der Waals surface area (Å²) in [7, 11) is 0. The number of aryl methyl sites for hydroxylation is 1. The van der Waals surface area contributed by atoms with Crippen molar-refractivity contribution in [2.45, 2.75) is 78.1 Å². The third-order valence-corrected chi connectivity index (χ3v) is 4.84. The average Bonchev–Trinajstić information content (AvgIpc) is 2.71. The van der Waals surface area contributed by atoms with Gasteiger partial charge in [0.2, 0.25) is 11.8 Å². The minimum Gasteiger partial charge on any atom is -0.444 e. The van der Waals surface area contributed by atoms with Crippen LogP contribution in [0.2, 0.25) is 0 Å². The number of carbonyl (C=O) groups is 3. The molecule has 0 fully saturated rings. The Morgan fingerprint density at radius 1 is 1.18 bits per heavy atom. The lowest BCUT2D eigenvalue weighted by Gasteiger charge is -2.34. The molecule has 0 saturated heterocycles. The Balaban J connectivity index is 3.31. The summed E-state index contributed by atoms with van der Waals surface area (Å²) >= 11 is 0. The summed E-state index contributed by atoms with van der Waals surface area (Å²) in [6.07, 6.45) is 2.37. The minimum absolute atomic E-state index is 0.0411. The number of ether oxygens (including phenoxy) is 1. The van der Waals surface area contributed by atoms with E-state index in [0.717, 1.165) is 18.4 Å². The van der Waals surface area contributed by atoms with Crippen LogP contribution in [0.25, 0.3) is 0 Å². The van der Waals surface area contributed by atoms with Crippen LogP contribution in [-0.2, 0) is 14.3 Å². The number of aliphatic hydroxyl groups is 1. The molecule has 0 aromatic heterocycles. The molecular weight excluding hydrogens is 422 g/mol. The highest BCUT2D eigenvalue weighted by Gasteiger charge is 2.35. The number of hydrogen-bond donors (Lipinski definition) is 3. The molecule has 33 heavy (non-hydrogen) atoms. The van der Waals surface area contributed by atoms with Gasteiger partial charge >= 0.3 is 6.09 Å². The van der Waals surface area contributed by atoms with Gasteiger partial charge in [0, 0.05) is 12.6 Å². The smallest absolute Gasteiger partial charge is 0.408 e. The number of hydrogen-bond acceptors (Lipinski definition) is 5. The molecule has 3 N–H and O–H groups in total. The fraction of sp³-hybridized carbons (Fsp3) is 0.560. The number of nitrogens with one attached hydrogen (secondary N) is 2. The molecule has 0 aliphatic heterocycles. The maximum absolute atomic E-state index is 13.4. The van der Waals surface area contributed by atoms with Gasteiger partial charge in [0.15, 0.2) is 0 Å². The standard InChI is InChI=1S/C25H39N3O5/c1-8-10-18(4)26-22(30)21(19-13-11-17(3)12-14-19)28(15-9-2)23(31)20(16-29)27-24(32)33-25(5,6)7/h9,11-14,18,20-21,29H,2,8,10,15-16H2,1,3-7H3,(H,26,30)(H,27,32). The van der Waals surface area contributed by atoms with E-state index in [1.165, 1.54) is 11.0 Å². The highest BCUT2D eigenvalue weighted by Crippen LogP contribution is 2.23. The summed E-state index contributed by atoms with van der Waals surface area (Å²) in [6, 6.07) is 4.99. The molecule has 1 rings (SSSR count). The summed E-state index contributed by atoms with van der Waals surface area (Å²) < 4.78 is 5.21. The van der Waals surface area contributed by atoms with Crippen molar-refractivity contribution >= 4 is 17.9 Å². The van der Waals surface area contributed by atoms with Crippen molar-refractivity contribution in [3.8, 4) is 0 Å². The topological polar surface area (TPSA) is 108 Å². The Hall–Kier alpha value is -2.87. The SMILES string of the molecule is C=CCN(C(=O)C(CO)NC(=O)OC(C)(C)C)C(C(=O)NC(C)CCC)c1ccc(C)cc1. The molecule has 0 aliphatic carbocycles. The van der Waals surface area contributed by atoms with Crippen LogP contribution in [0.5, 0.6) is 0 Å². The maximum atomic E-state index is 13.4. The molecule has 1 aromatic rings. The summed E-state index contributed by atoms with van der Waals surface area (Å²) in [5.74, 6) is -0.962. The highest BCUT2D eigenvalue weighted by atomic mass is 16.6. The van der Waals surface area contributed by atoms with E-state index < -0.39 is 36.3 Å². The van der Waals surface area contributed by atoms with Crippen molar-refractivity contribution in [2.75, 3.05) is 13.2 Å². The third-order valence-electron chi connectivity index (χ3n) is 4.84. The van der Waals surface area contributed by atoms with E-state index in [1.54, 1.807) is 32.9 Å². The summed E-state index contributed by atoms with van der Waals surface area (Å²) in [5, 5.41) is 15.2. The van der Waals surface area contributed by atoms with E-state index in [-0.39, 0.29) is 18.5 Å². The fourth-order valence-electron chi connectivity index (χ4n) is 3.35. The third kappa shape index (κ3) is 9.26. The Kier molecular flexibility index (Phi) is 11.1. The molecule has 0 bridgehead atoms.